The van der Waals surface area contributed by atoms with Crippen LogP contribution in [0.4, 0.5) is 0 Å². The molecule has 0 radical (unpaired) electrons. The molecule has 0 saturated carbocycles. The van der Waals surface area contributed by atoms with Gasteiger partial charge in [0.05, 0.1) is 34.5 Å². The van der Waals surface area contributed by atoms with Crippen LogP contribution in [-0.2, 0) is 27.3 Å². The number of aryl methyl sites for hydroxylation is 1. The molecule has 25 heavy (non-hydrogen) atoms. The summed E-state index contributed by atoms with van der Waals surface area (Å²) >= 11 is 1.56. The number of nitrogens with zero attached hydrogens (tertiary/aromatic N) is 1. The summed E-state index contributed by atoms with van der Waals surface area (Å²) in [5.74, 6) is -0.132. The number of esters is 1. The van der Waals surface area contributed by atoms with Gasteiger partial charge in [-0.25, -0.2) is 4.98 Å². The Balaban J connectivity index is 1.44. The van der Waals surface area contributed by atoms with Crippen LogP contribution in [0.3, 0.4) is 0 Å². The fraction of sp³-hybridized carbons (Fsp3) is 0.278. The first-order valence-corrected chi connectivity index (χ1v) is 8.77. The van der Waals surface area contributed by atoms with Gasteiger partial charge in [-0.15, -0.1) is 11.3 Å². The maximum absolute atomic E-state index is 11.9. The highest BCUT2D eigenvalue weighted by atomic mass is 32.1. The van der Waals surface area contributed by atoms with Crippen molar-refractivity contribution in [3.63, 3.8) is 0 Å². The molecule has 0 aliphatic carbocycles. The molecule has 1 aromatic carbocycles. The Hall–Kier alpha value is -2.67. The van der Waals surface area contributed by atoms with Crippen LogP contribution in [0.15, 0.2) is 47.1 Å². The van der Waals surface area contributed by atoms with Crippen LogP contribution in [-0.4, -0.2) is 23.0 Å². The number of hydrogen-bond donors (Lipinski definition) is 1. The van der Waals surface area contributed by atoms with Crippen molar-refractivity contribution >= 4 is 33.4 Å². The number of fused-ring (bicyclic) bond motifs is 1. The van der Waals surface area contributed by atoms with Crippen LogP contribution in [0.2, 0.25) is 0 Å². The van der Waals surface area contributed by atoms with Gasteiger partial charge in [-0.1, -0.05) is 12.1 Å². The number of benzene rings is 1. The Labute approximate surface area is 148 Å². The van der Waals surface area contributed by atoms with Crippen LogP contribution in [0.5, 0.6) is 0 Å². The molecule has 0 bridgehead atoms. The van der Waals surface area contributed by atoms with Crippen molar-refractivity contribution in [2.75, 3.05) is 0 Å². The fourth-order valence-corrected chi connectivity index (χ4v) is 3.24. The second kappa shape index (κ2) is 7.94. The first kappa shape index (κ1) is 17.2. The fourth-order valence-electron chi connectivity index (χ4n) is 2.28. The van der Waals surface area contributed by atoms with Crippen molar-refractivity contribution in [2.45, 2.75) is 32.4 Å². The molecule has 0 unspecified atom stereocenters. The zero-order chi connectivity index (χ0) is 17.6. The lowest BCUT2D eigenvalue weighted by molar-refractivity contribution is -0.154. The molecule has 3 rings (SSSR count). The van der Waals surface area contributed by atoms with Crippen LogP contribution in [0.25, 0.3) is 10.2 Å². The Kier molecular flexibility index (Phi) is 5.45. The number of nitrogens with one attached hydrogen (secondary N) is 1. The summed E-state index contributed by atoms with van der Waals surface area (Å²) < 4.78 is 11.4. The molecule has 1 amide bonds. The van der Waals surface area contributed by atoms with Crippen molar-refractivity contribution < 1.29 is 18.7 Å². The molecule has 3 aromatic rings. The lowest BCUT2D eigenvalue weighted by Crippen LogP contribution is -2.35. The average Bonchev–Trinajstić information content (AvgIpc) is 3.26. The van der Waals surface area contributed by atoms with E-state index in [4.69, 9.17) is 9.15 Å². The summed E-state index contributed by atoms with van der Waals surface area (Å²) in [6.07, 6.45) is 1.37. The van der Waals surface area contributed by atoms with E-state index in [-0.39, 0.29) is 18.9 Å². The molecular weight excluding hydrogens is 340 g/mol. The molecular formula is C18H18N2O4S. The normalized spacial score (nSPS) is 12.0. The average molecular weight is 358 g/mol. The maximum atomic E-state index is 11.9. The highest BCUT2D eigenvalue weighted by Gasteiger charge is 2.18. The SMILES string of the molecule is C[C@@H](OC(=O)CCc1nc2ccccc2s1)C(=O)NCc1ccco1. The van der Waals surface area contributed by atoms with Crippen molar-refractivity contribution in [3.8, 4) is 0 Å². The van der Waals surface area contributed by atoms with Crippen molar-refractivity contribution in [1.29, 1.82) is 0 Å². The second-order valence-electron chi connectivity index (χ2n) is 5.50. The Bertz CT molecular complexity index is 824. The van der Waals surface area contributed by atoms with Gasteiger partial charge in [-0.3, -0.25) is 9.59 Å². The molecule has 130 valence electrons. The number of para-hydroxylation sites is 1. The first-order chi connectivity index (χ1) is 12.1. The van der Waals surface area contributed by atoms with E-state index in [0.29, 0.717) is 12.2 Å². The summed E-state index contributed by atoms with van der Waals surface area (Å²) in [7, 11) is 0. The molecule has 2 heterocycles. The van der Waals surface area contributed by atoms with Gasteiger partial charge < -0.3 is 14.5 Å². The van der Waals surface area contributed by atoms with Gasteiger partial charge in [-0.2, -0.15) is 0 Å². The lowest BCUT2D eigenvalue weighted by Gasteiger charge is -2.12. The van der Waals surface area contributed by atoms with E-state index in [1.54, 1.807) is 30.4 Å². The number of hydrogen-bond acceptors (Lipinski definition) is 6. The number of amides is 1. The standard InChI is InChI=1S/C18H18N2O4S/c1-12(18(22)19-11-13-5-4-10-23-13)24-17(21)9-8-16-20-14-6-2-3-7-15(14)25-16/h2-7,10,12H,8-9,11H2,1H3,(H,19,22)/t12-/m1/s1. The quantitative estimate of drug-likeness (QED) is 0.657. The Morgan fingerprint density at radius 3 is 2.88 bits per heavy atom. The van der Waals surface area contributed by atoms with Gasteiger partial charge in [0.15, 0.2) is 6.10 Å². The summed E-state index contributed by atoms with van der Waals surface area (Å²) in [6.45, 7) is 1.81. The number of furan rings is 1. The first-order valence-electron chi connectivity index (χ1n) is 7.96. The zero-order valence-corrected chi connectivity index (χ0v) is 14.5. The van der Waals surface area contributed by atoms with Crippen molar-refractivity contribution in [1.82, 2.24) is 10.3 Å². The van der Waals surface area contributed by atoms with Gasteiger partial charge in [0.2, 0.25) is 0 Å². The van der Waals surface area contributed by atoms with E-state index in [2.05, 4.69) is 10.3 Å². The highest BCUT2D eigenvalue weighted by molar-refractivity contribution is 7.18. The van der Waals surface area contributed by atoms with Crippen LogP contribution in [0.1, 0.15) is 24.1 Å². The van der Waals surface area contributed by atoms with Gasteiger partial charge in [-0.05, 0) is 31.2 Å². The molecule has 2 aromatic heterocycles. The topological polar surface area (TPSA) is 81.4 Å². The molecule has 7 heteroatoms. The van der Waals surface area contributed by atoms with E-state index in [1.807, 2.05) is 24.3 Å². The lowest BCUT2D eigenvalue weighted by atomic mass is 10.3. The van der Waals surface area contributed by atoms with Gasteiger partial charge >= 0.3 is 5.97 Å². The molecule has 1 atom stereocenters. The monoisotopic (exact) mass is 358 g/mol. The van der Waals surface area contributed by atoms with Gasteiger partial charge in [0.1, 0.15) is 5.76 Å². The van der Waals surface area contributed by atoms with Crippen LogP contribution >= 0.6 is 11.3 Å². The smallest absolute Gasteiger partial charge is 0.306 e. The third-order valence-corrected chi connectivity index (χ3v) is 4.67. The van der Waals surface area contributed by atoms with Crippen molar-refractivity contribution in [2.24, 2.45) is 0 Å². The van der Waals surface area contributed by atoms with Gasteiger partial charge in [0.25, 0.3) is 5.91 Å². The summed E-state index contributed by atoms with van der Waals surface area (Å²) in [5, 5.41) is 3.54. The third kappa shape index (κ3) is 4.67. The van der Waals surface area contributed by atoms with Crippen molar-refractivity contribution in [3.05, 3.63) is 53.4 Å². The Morgan fingerprint density at radius 1 is 1.28 bits per heavy atom. The number of rotatable bonds is 7. The molecule has 0 spiro atoms. The second-order valence-corrected chi connectivity index (χ2v) is 6.62. The van der Waals surface area contributed by atoms with Crippen LogP contribution in [0, 0.1) is 0 Å². The van der Waals surface area contributed by atoms with E-state index in [9.17, 15) is 9.59 Å². The molecule has 1 N–H and O–H groups in total. The molecule has 0 saturated heterocycles. The zero-order valence-electron chi connectivity index (χ0n) is 13.7. The maximum Gasteiger partial charge on any atom is 0.306 e. The van der Waals surface area contributed by atoms with E-state index in [1.165, 1.54) is 6.26 Å². The van der Waals surface area contributed by atoms with E-state index >= 15 is 0 Å². The molecule has 0 fully saturated rings. The Morgan fingerprint density at radius 2 is 2.12 bits per heavy atom. The highest BCUT2D eigenvalue weighted by Crippen LogP contribution is 2.22. The van der Waals surface area contributed by atoms with Crippen LogP contribution < -0.4 is 5.32 Å². The van der Waals surface area contributed by atoms with E-state index < -0.39 is 12.1 Å². The van der Waals surface area contributed by atoms with Gasteiger partial charge in [0, 0.05) is 6.42 Å². The predicted octanol–water partition coefficient (Wildman–Crippen LogP) is 3.07. The van der Waals surface area contributed by atoms with E-state index in [0.717, 1.165) is 15.2 Å². The number of carbonyl (C=O) groups excluding carboxylic acids is 2. The summed E-state index contributed by atoms with van der Waals surface area (Å²) in [6, 6.07) is 11.3. The predicted molar refractivity (Wildman–Crippen MR) is 94.0 cm³/mol. The largest absolute Gasteiger partial charge is 0.467 e. The molecule has 0 aliphatic heterocycles. The number of carbonyl (C=O) groups is 2. The summed E-state index contributed by atoms with van der Waals surface area (Å²) in [4.78, 5) is 28.3. The number of ether oxygens (including phenoxy) is 1. The number of thiazole rings is 1. The number of aromatic nitrogens is 1. The molecule has 6 nitrogen and oxygen atoms in total. The minimum Gasteiger partial charge on any atom is -0.467 e. The summed E-state index contributed by atoms with van der Waals surface area (Å²) in [5.41, 5.74) is 0.932. The minimum atomic E-state index is -0.849. The third-order valence-electron chi connectivity index (χ3n) is 3.58. The minimum absolute atomic E-state index is 0.190. The molecule has 0 aliphatic rings.